The van der Waals surface area contributed by atoms with Gasteiger partial charge in [0, 0.05) is 50.2 Å². The Kier molecular flexibility index (Phi) is 14.1. The Morgan fingerprint density at radius 2 is 1.76 bits per heavy atom. The molecule has 264 valence electrons. The van der Waals surface area contributed by atoms with Gasteiger partial charge in [-0.2, -0.15) is 0 Å². The summed E-state index contributed by atoms with van der Waals surface area (Å²) in [5.74, 6) is -1.04. The smallest absolute Gasteiger partial charge is 0.243 e. The second-order valence-corrected chi connectivity index (χ2v) is 13.8. The van der Waals surface area contributed by atoms with Crippen LogP contribution in [0.5, 0.6) is 0 Å². The molecule has 1 aliphatic heterocycles. The van der Waals surface area contributed by atoms with Crippen molar-refractivity contribution in [2.75, 3.05) is 26.3 Å². The lowest BCUT2D eigenvalue weighted by Gasteiger charge is -2.33. The first-order valence-corrected chi connectivity index (χ1v) is 18.0. The first-order chi connectivity index (χ1) is 23.9. The van der Waals surface area contributed by atoms with E-state index in [1.807, 2.05) is 42.5 Å². The fourth-order valence-electron chi connectivity index (χ4n) is 6.91. The van der Waals surface area contributed by atoms with E-state index in [4.69, 9.17) is 17.0 Å². The summed E-state index contributed by atoms with van der Waals surface area (Å²) in [5.41, 5.74) is 2.45. The van der Waals surface area contributed by atoms with Gasteiger partial charge in [0.2, 0.25) is 11.8 Å². The quantitative estimate of drug-likeness (QED) is 0.142. The summed E-state index contributed by atoms with van der Waals surface area (Å²) in [6, 6.07) is 11.6. The monoisotopic (exact) mass is 690 g/mol. The summed E-state index contributed by atoms with van der Waals surface area (Å²) in [6.45, 7) is 2.51. The van der Waals surface area contributed by atoms with Crippen LogP contribution in [0.2, 0.25) is 0 Å². The number of carbonyl (C=O) groups is 2. The molecule has 0 spiro atoms. The van der Waals surface area contributed by atoms with Crippen molar-refractivity contribution in [3.05, 3.63) is 84.2 Å². The first-order valence-electron chi connectivity index (χ1n) is 17.6. The molecule has 5 rings (SSSR count). The van der Waals surface area contributed by atoms with Crippen LogP contribution in [0.3, 0.4) is 0 Å². The zero-order valence-electron chi connectivity index (χ0n) is 28.1. The summed E-state index contributed by atoms with van der Waals surface area (Å²) < 4.78 is 5.49. The number of nitrogens with one attached hydrogen (secondary N) is 3. The number of imidazole rings is 1. The maximum Gasteiger partial charge on any atom is 0.243 e. The largest absolute Gasteiger partial charge is 0.390 e. The van der Waals surface area contributed by atoms with Gasteiger partial charge in [-0.25, -0.2) is 4.98 Å². The molecule has 1 aromatic carbocycles. The molecule has 2 amide bonds. The van der Waals surface area contributed by atoms with Gasteiger partial charge in [-0.3, -0.25) is 14.6 Å². The van der Waals surface area contributed by atoms with Gasteiger partial charge in [0.1, 0.15) is 12.1 Å². The minimum Gasteiger partial charge on any atom is -0.390 e. The standard InChI is InChI=1S/C37H50N6O5S/c44-33(14-13-27-10-7-15-38-23-27)35(45)31(20-26-8-3-1-4-9-26)41-37(47)32(21-29-24-39-25-40-29)42-36(46)30(28-11-5-2-6-12-28)22-34(49)43-16-18-48-19-17-43/h2,5-7,10-12,15,23-26,30-33,35,44-45H,1,3-4,8-9,13-14,16-22H2,(H,39,40)(H,41,47)(H,42,46)/t30?,31-,32?,33-,35+/m0/s1. The molecule has 12 heteroatoms. The maximum absolute atomic E-state index is 14.2. The van der Waals surface area contributed by atoms with Crippen LogP contribution in [0.15, 0.2) is 67.4 Å². The molecule has 1 saturated heterocycles. The number of morpholine rings is 1. The van der Waals surface area contributed by atoms with Crippen molar-refractivity contribution in [3.8, 4) is 0 Å². The van der Waals surface area contributed by atoms with Gasteiger partial charge in [0.25, 0.3) is 0 Å². The molecule has 1 saturated carbocycles. The number of nitrogens with zero attached hydrogens (tertiary/aromatic N) is 3. The predicted molar refractivity (Wildman–Crippen MR) is 191 cm³/mol. The molecule has 2 fully saturated rings. The van der Waals surface area contributed by atoms with Crippen LogP contribution in [0.25, 0.3) is 0 Å². The highest BCUT2D eigenvalue weighted by molar-refractivity contribution is 7.80. The van der Waals surface area contributed by atoms with Crippen molar-refractivity contribution in [1.29, 1.82) is 0 Å². The highest BCUT2D eigenvalue weighted by Crippen LogP contribution is 2.29. The van der Waals surface area contributed by atoms with Crippen LogP contribution in [0, 0.1) is 5.92 Å². The lowest BCUT2D eigenvalue weighted by molar-refractivity contribution is -0.131. The molecule has 2 unspecified atom stereocenters. The van der Waals surface area contributed by atoms with Crippen molar-refractivity contribution in [1.82, 2.24) is 30.5 Å². The van der Waals surface area contributed by atoms with Gasteiger partial charge in [0.05, 0.1) is 42.6 Å². The lowest BCUT2D eigenvalue weighted by atomic mass is 9.82. The number of thiocarbonyl (C=S) groups is 1. The van der Waals surface area contributed by atoms with Crippen LogP contribution in [0.4, 0.5) is 0 Å². The van der Waals surface area contributed by atoms with Gasteiger partial charge in [-0.1, -0.05) is 80.7 Å². The number of aromatic nitrogens is 3. The molecule has 3 aromatic rings. The molecule has 11 nitrogen and oxygen atoms in total. The van der Waals surface area contributed by atoms with E-state index in [1.54, 1.807) is 18.6 Å². The van der Waals surface area contributed by atoms with E-state index in [2.05, 4.69) is 30.5 Å². The van der Waals surface area contributed by atoms with E-state index in [0.717, 1.165) is 36.8 Å². The maximum atomic E-state index is 14.2. The van der Waals surface area contributed by atoms with Gasteiger partial charge in [0.15, 0.2) is 0 Å². The third kappa shape index (κ3) is 11.1. The van der Waals surface area contributed by atoms with Crippen molar-refractivity contribution < 1.29 is 24.5 Å². The number of aryl methyl sites for hydroxylation is 1. The summed E-state index contributed by atoms with van der Waals surface area (Å²) in [6.07, 6.45) is 11.7. The van der Waals surface area contributed by atoms with E-state index >= 15 is 0 Å². The van der Waals surface area contributed by atoms with Crippen molar-refractivity contribution >= 4 is 29.0 Å². The normalized spacial score (nSPS) is 18.5. The molecular formula is C37H50N6O5S. The Morgan fingerprint density at radius 3 is 2.45 bits per heavy atom. The minimum absolute atomic E-state index is 0.169. The number of aliphatic hydroxyl groups excluding tert-OH is 2. The fraction of sp³-hybridized carbons (Fsp3) is 0.541. The Labute approximate surface area is 294 Å². The van der Waals surface area contributed by atoms with E-state index in [9.17, 15) is 19.8 Å². The number of hydrogen-bond acceptors (Lipinski definition) is 8. The highest BCUT2D eigenvalue weighted by atomic mass is 32.1. The van der Waals surface area contributed by atoms with E-state index in [1.165, 1.54) is 12.7 Å². The first kappa shape index (κ1) is 36.6. The van der Waals surface area contributed by atoms with Crippen LogP contribution < -0.4 is 10.6 Å². The van der Waals surface area contributed by atoms with Crippen molar-refractivity contribution in [3.63, 3.8) is 0 Å². The number of pyridine rings is 1. The van der Waals surface area contributed by atoms with E-state index in [0.29, 0.717) is 68.6 Å². The number of carbonyl (C=O) groups excluding carboxylic acids is 2. The second kappa shape index (κ2) is 18.9. The molecule has 5 atom stereocenters. The fourth-order valence-corrected chi connectivity index (χ4v) is 7.26. The number of benzene rings is 1. The Bertz CT molecular complexity index is 1430. The van der Waals surface area contributed by atoms with Gasteiger partial charge >= 0.3 is 0 Å². The number of ether oxygens (including phenoxy) is 1. The number of H-pyrrole nitrogens is 1. The van der Waals surface area contributed by atoms with Crippen molar-refractivity contribution in [2.45, 2.75) is 94.4 Å². The number of aromatic amines is 1. The topological polar surface area (TPSA) is 153 Å². The molecule has 1 aliphatic carbocycles. The highest BCUT2D eigenvalue weighted by Gasteiger charge is 2.34. The summed E-state index contributed by atoms with van der Waals surface area (Å²) in [4.78, 5) is 42.4. The van der Waals surface area contributed by atoms with E-state index < -0.39 is 36.1 Å². The molecule has 3 heterocycles. The number of amides is 2. The molecule has 5 N–H and O–H groups in total. The third-order valence-electron chi connectivity index (χ3n) is 9.77. The molecule has 0 bridgehead atoms. The van der Waals surface area contributed by atoms with Gasteiger partial charge in [-0.05, 0) is 42.4 Å². The summed E-state index contributed by atoms with van der Waals surface area (Å²) in [5, 5.41) is 28.8. The van der Waals surface area contributed by atoms with Crippen LogP contribution in [0.1, 0.15) is 74.1 Å². The van der Waals surface area contributed by atoms with Crippen LogP contribution in [-0.2, 0) is 27.2 Å². The molecular weight excluding hydrogens is 641 g/mol. The Balaban J connectivity index is 1.33. The minimum atomic E-state index is -1.19. The number of aliphatic hydroxyl groups is 2. The molecule has 49 heavy (non-hydrogen) atoms. The molecule has 2 aliphatic rings. The Hall–Kier alpha value is -3.71. The van der Waals surface area contributed by atoms with Crippen LogP contribution in [-0.4, -0.2) is 97.5 Å². The second-order valence-electron chi connectivity index (χ2n) is 13.3. The van der Waals surface area contributed by atoms with Gasteiger partial charge < -0.3 is 35.5 Å². The van der Waals surface area contributed by atoms with Gasteiger partial charge in [-0.15, -0.1) is 0 Å². The summed E-state index contributed by atoms with van der Waals surface area (Å²) >= 11 is 5.81. The SMILES string of the molecule is O=C(N[C@@H](CC1CCCCC1)[C@@H](O)[C@@H](O)CCc1cccnc1)C(Cc1cnc[nH]1)NC(=O)C(CC(=S)N1CCOCC1)c1ccccc1. The number of rotatable bonds is 16. The van der Waals surface area contributed by atoms with Crippen LogP contribution >= 0.6 is 12.2 Å². The predicted octanol–water partition coefficient (Wildman–Crippen LogP) is 3.48. The zero-order chi connectivity index (χ0) is 34.4. The zero-order valence-corrected chi connectivity index (χ0v) is 28.9. The molecule has 2 aromatic heterocycles. The van der Waals surface area contributed by atoms with Crippen molar-refractivity contribution in [2.24, 2.45) is 5.92 Å². The molecule has 0 radical (unpaired) electrons. The lowest BCUT2D eigenvalue weighted by Crippen LogP contribution is -2.56. The summed E-state index contributed by atoms with van der Waals surface area (Å²) in [7, 11) is 0. The average molecular weight is 691 g/mol. The average Bonchev–Trinajstić information content (AvgIpc) is 3.66. The Morgan fingerprint density at radius 1 is 0.980 bits per heavy atom. The third-order valence-corrected chi connectivity index (χ3v) is 10.2. The van der Waals surface area contributed by atoms with E-state index in [-0.39, 0.29) is 12.3 Å². The number of hydrogen-bond donors (Lipinski definition) is 5.